The Morgan fingerprint density at radius 1 is 1.00 bits per heavy atom. The van der Waals surface area contributed by atoms with Gasteiger partial charge in [0.25, 0.3) is 5.91 Å². The summed E-state index contributed by atoms with van der Waals surface area (Å²) in [6, 6.07) is 9.82. The molecule has 10 heteroatoms. The van der Waals surface area contributed by atoms with E-state index in [9.17, 15) is 27.6 Å². The molecule has 7 nitrogen and oxygen atoms in total. The molecule has 29 heavy (non-hydrogen) atoms. The van der Waals surface area contributed by atoms with Crippen molar-refractivity contribution in [2.45, 2.75) is 6.18 Å². The summed E-state index contributed by atoms with van der Waals surface area (Å²) < 4.78 is 52.1. The minimum Gasteiger partial charge on any atom is -0.482 e. The van der Waals surface area contributed by atoms with E-state index in [1.165, 1.54) is 37.4 Å². The summed E-state index contributed by atoms with van der Waals surface area (Å²) in [6.45, 7) is -1.29. The lowest BCUT2D eigenvalue weighted by atomic mass is 10.2. The number of benzene rings is 2. The lowest BCUT2D eigenvalue weighted by Crippen LogP contribution is -2.23. The fourth-order valence-corrected chi connectivity index (χ4v) is 2.10. The number of methoxy groups -OCH3 is 1. The summed E-state index contributed by atoms with van der Waals surface area (Å²) in [6.07, 6.45) is -4.53. The van der Waals surface area contributed by atoms with Gasteiger partial charge in [0.1, 0.15) is 5.75 Å². The second-order valence-corrected chi connectivity index (χ2v) is 5.59. The third-order valence-corrected chi connectivity index (χ3v) is 3.47. The summed E-state index contributed by atoms with van der Waals surface area (Å²) >= 11 is 0. The number of amides is 1. The number of carbonyl (C=O) groups excluding carboxylic acids is 3. The average molecular weight is 411 g/mol. The third kappa shape index (κ3) is 6.83. The van der Waals surface area contributed by atoms with Crippen LogP contribution in [0.2, 0.25) is 0 Å². The number of nitrogens with one attached hydrogen (secondary N) is 1. The van der Waals surface area contributed by atoms with Crippen LogP contribution in [0.1, 0.15) is 15.9 Å². The topological polar surface area (TPSA) is 90.9 Å². The van der Waals surface area contributed by atoms with E-state index in [0.29, 0.717) is 11.3 Å². The van der Waals surface area contributed by atoms with Crippen LogP contribution in [0.4, 0.5) is 18.9 Å². The van der Waals surface area contributed by atoms with Gasteiger partial charge in [-0.05, 0) is 42.5 Å². The lowest BCUT2D eigenvalue weighted by Gasteiger charge is -2.10. The van der Waals surface area contributed by atoms with E-state index in [4.69, 9.17) is 9.47 Å². The molecule has 0 atom stereocenters. The first kappa shape index (κ1) is 21.7. The Balaban J connectivity index is 1.77. The molecular weight excluding hydrogens is 395 g/mol. The van der Waals surface area contributed by atoms with E-state index < -0.39 is 42.8 Å². The fourth-order valence-electron chi connectivity index (χ4n) is 2.10. The van der Waals surface area contributed by atoms with Crippen molar-refractivity contribution in [3.63, 3.8) is 0 Å². The van der Waals surface area contributed by atoms with Crippen molar-refractivity contribution in [2.75, 3.05) is 25.6 Å². The standard InChI is InChI=1S/C19H16F3NO6/c1-27-18(26)12-5-7-14(8-6-12)23-16(24)10-29-17(25)11-28-15-4-2-3-13(9-15)19(20,21)22/h2-9H,10-11H2,1H3,(H,23,24). The van der Waals surface area contributed by atoms with Crippen molar-refractivity contribution in [3.8, 4) is 5.75 Å². The maximum absolute atomic E-state index is 12.6. The minimum absolute atomic E-state index is 0.160. The lowest BCUT2D eigenvalue weighted by molar-refractivity contribution is -0.149. The molecule has 2 rings (SSSR count). The normalized spacial score (nSPS) is 10.8. The van der Waals surface area contributed by atoms with Crippen LogP contribution in [0, 0.1) is 0 Å². The van der Waals surface area contributed by atoms with Gasteiger partial charge >= 0.3 is 18.1 Å². The van der Waals surface area contributed by atoms with Crippen molar-refractivity contribution in [1.29, 1.82) is 0 Å². The van der Waals surface area contributed by atoms with Gasteiger partial charge in [0.15, 0.2) is 13.2 Å². The van der Waals surface area contributed by atoms with E-state index in [0.717, 1.165) is 18.2 Å². The Hall–Kier alpha value is -3.56. The van der Waals surface area contributed by atoms with Crippen LogP contribution >= 0.6 is 0 Å². The van der Waals surface area contributed by atoms with Gasteiger partial charge < -0.3 is 19.5 Å². The molecular formula is C19H16F3NO6. The van der Waals surface area contributed by atoms with Gasteiger partial charge in [0.05, 0.1) is 18.2 Å². The third-order valence-electron chi connectivity index (χ3n) is 3.47. The van der Waals surface area contributed by atoms with Gasteiger partial charge in [-0.1, -0.05) is 6.07 Å². The summed E-state index contributed by atoms with van der Waals surface area (Å²) in [5.41, 5.74) is -0.261. The maximum Gasteiger partial charge on any atom is 0.416 e. The molecule has 154 valence electrons. The number of alkyl halides is 3. The number of hydrogen-bond acceptors (Lipinski definition) is 6. The first-order valence-corrected chi connectivity index (χ1v) is 8.13. The summed E-state index contributed by atoms with van der Waals surface area (Å²) in [7, 11) is 1.24. The Morgan fingerprint density at radius 2 is 1.69 bits per heavy atom. The van der Waals surface area contributed by atoms with Crippen molar-refractivity contribution < 1.29 is 41.8 Å². The molecule has 0 saturated carbocycles. The highest BCUT2D eigenvalue weighted by Crippen LogP contribution is 2.31. The van der Waals surface area contributed by atoms with E-state index in [-0.39, 0.29) is 5.75 Å². The molecule has 1 amide bonds. The van der Waals surface area contributed by atoms with Gasteiger partial charge in [-0.2, -0.15) is 13.2 Å². The molecule has 0 aromatic heterocycles. The van der Waals surface area contributed by atoms with Gasteiger partial charge in [0, 0.05) is 5.69 Å². The van der Waals surface area contributed by atoms with Crippen LogP contribution < -0.4 is 10.1 Å². The van der Waals surface area contributed by atoms with Crippen LogP contribution in [0.25, 0.3) is 0 Å². The van der Waals surface area contributed by atoms with Crippen molar-refractivity contribution in [3.05, 3.63) is 59.7 Å². The molecule has 0 heterocycles. The Labute approximate surface area is 163 Å². The molecule has 0 aliphatic rings. The molecule has 0 radical (unpaired) electrons. The van der Waals surface area contributed by atoms with Crippen LogP contribution in [0.15, 0.2) is 48.5 Å². The van der Waals surface area contributed by atoms with Crippen LogP contribution in [-0.4, -0.2) is 38.2 Å². The number of carbonyl (C=O) groups is 3. The maximum atomic E-state index is 12.6. The second-order valence-electron chi connectivity index (χ2n) is 5.59. The molecule has 2 aromatic rings. The molecule has 0 fully saturated rings. The molecule has 0 saturated heterocycles. The zero-order valence-electron chi connectivity index (χ0n) is 15.1. The van der Waals surface area contributed by atoms with Crippen LogP contribution in [0.5, 0.6) is 5.75 Å². The van der Waals surface area contributed by atoms with Gasteiger partial charge in [0.2, 0.25) is 0 Å². The van der Waals surface area contributed by atoms with E-state index in [1.807, 2.05) is 0 Å². The highest BCUT2D eigenvalue weighted by atomic mass is 19.4. The molecule has 0 aliphatic heterocycles. The largest absolute Gasteiger partial charge is 0.482 e. The summed E-state index contributed by atoms with van der Waals surface area (Å²) in [5, 5.41) is 2.45. The number of anilines is 1. The van der Waals surface area contributed by atoms with E-state index in [2.05, 4.69) is 10.1 Å². The van der Waals surface area contributed by atoms with E-state index >= 15 is 0 Å². The van der Waals surface area contributed by atoms with Crippen molar-refractivity contribution >= 4 is 23.5 Å². The minimum atomic E-state index is -4.53. The zero-order valence-corrected chi connectivity index (χ0v) is 15.1. The van der Waals surface area contributed by atoms with Crippen molar-refractivity contribution in [1.82, 2.24) is 0 Å². The molecule has 0 spiro atoms. The van der Waals surface area contributed by atoms with Gasteiger partial charge in [-0.3, -0.25) is 4.79 Å². The van der Waals surface area contributed by atoms with Crippen LogP contribution in [-0.2, 0) is 25.2 Å². The molecule has 0 aliphatic carbocycles. The first-order valence-electron chi connectivity index (χ1n) is 8.13. The van der Waals surface area contributed by atoms with Gasteiger partial charge in [-0.25, -0.2) is 9.59 Å². The Morgan fingerprint density at radius 3 is 2.31 bits per heavy atom. The summed E-state index contributed by atoms with van der Waals surface area (Å²) in [4.78, 5) is 34.7. The monoisotopic (exact) mass is 411 g/mol. The van der Waals surface area contributed by atoms with E-state index in [1.54, 1.807) is 0 Å². The summed E-state index contributed by atoms with van der Waals surface area (Å²) in [5.74, 6) is -2.27. The Bertz CT molecular complexity index is 880. The zero-order chi connectivity index (χ0) is 21.4. The predicted molar refractivity (Wildman–Crippen MR) is 94.3 cm³/mol. The number of ether oxygens (including phenoxy) is 3. The number of rotatable bonds is 7. The molecule has 0 unspecified atom stereocenters. The number of esters is 2. The molecule has 0 bridgehead atoms. The smallest absolute Gasteiger partial charge is 0.416 e. The fraction of sp³-hybridized carbons (Fsp3) is 0.211. The number of halogens is 3. The molecule has 2 aromatic carbocycles. The quantitative estimate of drug-likeness (QED) is 0.705. The predicted octanol–water partition coefficient (Wildman–Crippen LogP) is 3.05. The SMILES string of the molecule is COC(=O)c1ccc(NC(=O)COC(=O)COc2cccc(C(F)(F)F)c2)cc1. The molecule has 1 N–H and O–H groups in total. The highest BCUT2D eigenvalue weighted by Gasteiger charge is 2.30. The first-order chi connectivity index (χ1) is 13.7. The van der Waals surface area contributed by atoms with Crippen molar-refractivity contribution in [2.24, 2.45) is 0 Å². The number of hydrogen-bond donors (Lipinski definition) is 1. The highest BCUT2D eigenvalue weighted by molar-refractivity contribution is 5.94. The average Bonchev–Trinajstić information content (AvgIpc) is 2.70. The second kappa shape index (κ2) is 9.58. The van der Waals surface area contributed by atoms with Gasteiger partial charge in [-0.15, -0.1) is 0 Å². The van der Waals surface area contributed by atoms with Crippen LogP contribution in [0.3, 0.4) is 0 Å². The Kier molecular flexibility index (Phi) is 7.18.